The Hall–Kier alpha value is -1.90. The zero-order valence-corrected chi connectivity index (χ0v) is 9.27. The van der Waals surface area contributed by atoms with Gasteiger partial charge in [0.1, 0.15) is 5.75 Å². The molecule has 0 unspecified atom stereocenters. The van der Waals surface area contributed by atoms with E-state index in [1.54, 1.807) is 12.5 Å². The minimum Gasteiger partial charge on any atom is -0.494 e. The first kappa shape index (κ1) is 10.6. The van der Waals surface area contributed by atoms with Crippen molar-refractivity contribution in [2.24, 2.45) is 0 Å². The van der Waals surface area contributed by atoms with Crippen molar-refractivity contribution in [1.29, 1.82) is 0 Å². The smallest absolute Gasteiger partial charge is 0.121 e. The van der Waals surface area contributed by atoms with Crippen LogP contribution < -0.4 is 10.5 Å². The van der Waals surface area contributed by atoms with E-state index in [1.165, 1.54) is 0 Å². The molecule has 1 aromatic carbocycles. The maximum absolute atomic E-state index is 5.83. The fourth-order valence-corrected chi connectivity index (χ4v) is 1.52. The molecule has 0 saturated carbocycles. The van der Waals surface area contributed by atoms with E-state index in [0.29, 0.717) is 12.3 Å². The van der Waals surface area contributed by atoms with Gasteiger partial charge in [-0.2, -0.15) is 0 Å². The molecule has 0 fully saturated rings. The first-order valence-electron chi connectivity index (χ1n) is 5.35. The summed E-state index contributed by atoms with van der Waals surface area (Å²) >= 11 is 0. The Morgan fingerprint density at radius 1 is 1.25 bits per heavy atom. The maximum Gasteiger partial charge on any atom is 0.121 e. The molecule has 0 aliphatic heterocycles. The van der Waals surface area contributed by atoms with E-state index in [0.717, 1.165) is 23.3 Å². The normalized spacial score (nSPS) is 10.3. The van der Waals surface area contributed by atoms with E-state index in [4.69, 9.17) is 14.9 Å². The summed E-state index contributed by atoms with van der Waals surface area (Å²) in [5.74, 6) is 0.804. The van der Waals surface area contributed by atoms with Gasteiger partial charge < -0.3 is 14.9 Å². The first-order chi connectivity index (χ1) is 7.79. The molecule has 2 rings (SSSR count). The number of nitrogen functional groups attached to an aromatic ring is 1. The number of ether oxygens (including phenoxy) is 1. The van der Waals surface area contributed by atoms with Gasteiger partial charge in [0.2, 0.25) is 0 Å². The van der Waals surface area contributed by atoms with Gasteiger partial charge in [-0.25, -0.2) is 0 Å². The number of furan rings is 1. The molecular weight excluding hydrogens is 202 g/mol. The largest absolute Gasteiger partial charge is 0.494 e. The lowest BCUT2D eigenvalue weighted by Gasteiger charge is -2.07. The number of hydrogen-bond acceptors (Lipinski definition) is 3. The first-order valence-corrected chi connectivity index (χ1v) is 5.35. The summed E-state index contributed by atoms with van der Waals surface area (Å²) in [6.07, 6.45) is 4.32. The molecule has 0 aliphatic carbocycles. The van der Waals surface area contributed by atoms with Crippen molar-refractivity contribution in [3.63, 3.8) is 0 Å². The van der Waals surface area contributed by atoms with Gasteiger partial charge in [-0.05, 0) is 30.2 Å². The van der Waals surface area contributed by atoms with E-state index in [1.807, 2.05) is 24.3 Å². The van der Waals surface area contributed by atoms with E-state index in [9.17, 15) is 0 Å². The van der Waals surface area contributed by atoms with Gasteiger partial charge in [0.15, 0.2) is 0 Å². The Morgan fingerprint density at radius 2 is 2.12 bits per heavy atom. The quantitative estimate of drug-likeness (QED) is 0.799. The summed E-state index contributed by atoms with van der Waals surface area (Å²) in [6.45, 7) is 2.78. The Labute approximate surface area is 94.8 Å². The van der Waals surface area contributed by atoms with Crippen LogP contribution in [0.25, 0.3) is 11.1 Å². The SMILES string of the molecule is CCCOc1cc(N)cc(-c2ccoc2)c1. The number of benzene rings is 1. The lowest BCUT2D eigenvalue weighted by Crippen LogP contribution is -1.96. The van der Waals surface area contributed by atoms with Crippen molar-refractivity contribution in [1.82, 2.24) is 0 Å². The van der Waals surface area contributed by atoms with Crippen LogP contribution in [-0.2, 0) is 0 Å². The van der Waals surface area contributed by atoms with Gasteiger partial charge in [0, 0.05) is 17.3 Å². The van der Waals surface area contributed by atoms with Crippen LogP contribution in [0.3, 0.4) is 0 Å². The predicted molar refractivity (Wildman–Crippen MR) is 64.3 cm³/mol. The van der Waals surface area contributed by atoms with Crippen LogP contribution >= 0.6 is 0 Å². The highest BCUT2D eigenvalue weighted by atomic mass is 16.5. The summed E-state index contributed by atoms with van der Waals surface area (Å²) in [4.78, 5) is 0. The minimum atomic E-state index is 0.699. The minimum absolute atomic E-state index is 0.699. The molecule has 2 N–H and O–H groups in total. The van der Waals surface area contributed by atoms with E-state index >= 15 is 0 Å². The van der Waals surface area contributed by atoms with Crippen LogP contribution in [0, 0.1) is 0 Å². The van der Waals surface area contributed by atoms with Crippen LogP contribution in [0.4, 0.5) is 5.69 Å². The fraction of sp³-hybridized carbons (Fsp3) is 0.231. The molecule has 0 amide bonds. The third kappa shape index (κ3) is 2.37. The molecule has 2 aromatic rings. The average Bonchev–Trinajstić information content (AvgIpc) is 2.79. The highest BCUT2D eigenvalue weighted by Gasteiger charge is 2.03. The molecule has 0 saturated heterocycles. The van der Waals surface area contributed by atoms with Crippen LogP contribution in [-0.4, -0.2) is 6.61 Å². The van der Waals surface area contributed by atoms with Crippen molar-refractivity contribution < 1.29 is 9.15 Å². The fourth-order valence-electron chi connectivity index (χ4n) is 1.52. The second-order valence-electron chi connectivity index (χ2n) is 3.65. The van der Waals surface area contributed by atoms with E-state index in [2.05, 4.69) is 6.92 Å². The predicted octanol–water partition coefficient (Wildman–Crippen LogP) is 3.32. The Kier molecular flexibility index (Phi) is 3.15. The molecule has 16 heavy (non-hydrogen) atoms. The Balaban J connectivity index is 2.29. The monoisotopic (exact) mass is 217 g/mol. The molecule has 0 aliphatic rings. The van der Waals surface area contributed by atoms with Gasteiger partial charge in [-0.1, -0.05) is 6.92 Å². The van der Waals surface area contributed by atoms with Gasteiger partial charge in [-0.3, -0.25) is 0 Å². The van der Waals surface area contributed by atoms with E-state index < -0.39 is 0 Å². The summed E-state index contributed by atoms with van der Waals surface area (Å²) in [5, 5.41) is 0. The molecule has 0 atom stereocenters. The van der Waals surface area contributed by atoms with Crippen molar-refractivity contribution >= 4 is 5.69 Å². The van der Waals surface area contributed by atoms with Crippen molar-refractivity contribution in [2.75, 3.05) is 12.3 Å². The Bertz CT molecular complexity index is 449. The average molecular weight is 217 g/mol. The molecule has 1 aromatic heterocycles. The van der Waals surface area contributed by atoms with Crippen LogP contribution in [0.15, 0.2) is 41.2 Å². The summed E-state index contributed by atoms with van der Waals surface area (Å²) in [5.41, 5.74) is 8.55. The molecule has 3 heteroatoms. The molecule has 84 valence electrons. The standard InChI is InChI=1S/C13H15NO2/c1-2-4-16-13-7-11(6-12(14)8-13)10-3-5-15-9-10/h3,5-9H,2,4,14H2,1H3. The molecule has 0 spiro atoms. The number of anilines is 1. The highest BCUT2D eigenvalue weighted by Crippen LogP contribution is 2.27. The van der Waals surface area contributed by atoms with Crippen molar-refractivity contribution in [3.05, 3.63) is 36.8 Å². The van der Waals surface area contributed by atoms with Gasteiger partial charge in [0.25, 0.3) is 0 Å². The number of rotatable bonds is 4. The van der Waals surface area contributed by atoms with Gasteiger partial charge >= 0.3 is 0 Å². The number of hydrogen-bond donors (Lipinski definition) is 1. The third-order valence-corrected chi connectivity index (χ3v) is 2.26. The molecule has 1 heterocycles. The van der Waals surface area contributed by atoms with Crippen molar-refractivity contribution in [2.45, 2.75) is 13.3 Å². The number of nitrogens with two attached hydrogens (primary N) is 1. The second-order valence-corrected chi connectivity index (χ2v) is 3.65. The molecule has 0 radical (unpaired) electrons. The van der Waals surface area contributed by atoms with Crippen LogP contribution in [0.1, 0.15) is 13.3 Å². The second kappa shape index (κ2) is 4.75. The highest BCUT2D eigenvalue weighted by molar-refractivity contribution is 5.68. The molecule has 0 bridgehead atoms. The van der Waals surface area contributed by atoms with E-state index in [-0.39, 0.29) is 0 Å². The molecular formula is C13H15NO2. The van der Waals surface area contributed by atoms with Crippen molar-refractivity contribution in [3.8, 4) is 16.9 Å². The van der Waals surface area contributed by atoms with Crippen LogP contribution in [0.5, 0.6) is 5.75 Å². The Morgan fingerprint density at radius 3 is 2.81 bits per heavy atom. The van der Waals surface area contributed by atoms with Gasteiger partial charge in [-0.15, -0.1) is 0 Å². The summed E-state index contributed by atoms with van der Waals surface area (Å²) in [7, 11) is 0. The molecule has 3 nitrogen and oxygen atoms in total. The maximum atomic E-state index is 5.83. The topological polar surface area (TPSA) is 48.4 Å². The lowest BCUT2D eigenvalue weighted by atomic mass is 10.1. The summed E-state index contributed by atoms with van der Waals surface area (Å²) in [6, 6.07) is 7.61. The van der Waals surface area contributed by atoms with Crippen LogP contribution in [0.2, 0.25) is 0 Å². The zero-order chi connectivity index (χ0) is 11.4. The van der Waals surface area contributed by atoms with Gasteiger partial charge in [0.05, 0.1) is 19.1 Å². The lowest BCUT2D eigenvalue weighted by molar-refractivity contribution is 0.318. The summed E-state index contributed by atoms with van der Waals surface area (Å²) < 4.78 is 10.6. The third-order valence-electron chi connectivity index (χ3n) is 2.26. The zero-order valence-electron chi connectivity index (χ0n) is 9.27.